The Morgan fingerprint density at radius 2 is 1.53 bits per heavy atom. The molecular formula is C34H40N8O3. The molecule has 0 unspecified atom stereocenters. The summed E-state index contributed by atoms with van der Waals surface area (Å²) in [6.07, 6.45) is 3.82. The van der Waals surface area contributed by atoms with Crippen LogP contribution in [0.2, 0.25) is 0 Å². The fourth-order valence-corrected chi connectivity index (χ4v) is 6.13. The summed E-state index contributed by atoms with van der Waals surface area (Å²) in [4.78, 5) is 29.3. The van der Waals surface area contributed by atoms with E-state index in [2.05, 4.69) is 72.6 Å². The number of anilines is 2. The number of carbonyl (C=O) groups excluding carboxylic acids is 2. The summed E-state index contributed by atoms with van der Waals surface area (Å²) >= 11 is 0. The molecule has 1 aromatic heterocycles. The number of rotatable bonds is 10. The third kappa shape index (κ3) is 7.73. The molecule has 11 nitrogen and oxygen atoms in total. The molecular weight excluding hydrogens is 568 g/mol. The van der Waals surface area contributed by atoms with Gasteiger partial charge in [-0.15, -0.1) is 10.2 Å². The third-order valence-electron chi connectivity index (χ3n) is 8.91. The minimum atomic E-state index is -0.736. The predicted octanol–water partition coefficient (Wildman–Crippen LogP) is 3.80. The second-order valence-corrected chi connectivity index (χ2v) is 11.9. The Morgan fingerprint density at radius 3 is 2.16 bits per heavy atom. The third-order valence-corrected chi connectivity index (χ3v) is 8.91. The summed E-state index contributed by atoms with van der Waals surface area (Å²) < 4.78 is 5.47. The van der Waals surface area contributed by atoms with E-state index in [1.165, 1.54) is 5.69 Å². The zero-order valence-corrected chi connectivity index (χ0v) is 25.3. The maximum absolute atomic E-state index is 13.6. The van der Waals surface area contributed by atoms with Crippen LogP contribution in [0.15, 0.2) is 72.8 Å². The molecule has 11 heteroatoms. The molecule has 0 spiro atoms. The van der Waals surface area contributed by atoms with Crippen molar-refractivity contribution >= 4 is 23.2 Å². The highest BCUT2D eigenvalue weighted by Gasteiger charge is 2.29. The first-order chi connectivity index (χ1) is 22.1. The SMILES string of the molecule is NCC1CCC(C(=O)N[C@@H](Cc2ccc(-c3ccc(N4CCOCC4)cc3)cc2)C(=O)Nc2ccc(-c3nn[nH]n3)cc2)CC1. The monoisotopic (exact) mass is 608 g/mol. The summed E-state index contributed by atoms with van der Waals surface area (Å²) in [6, 6.07) is 23.3. The lowest BCUT2D eigenvalue weighted by molar-refractivity contribution is -0.130. The quantitative estimate of drug-likeness (QED) is 0.212. The molecule has 3 aromatic carbocycles. The Balaban J connectivity index is 1.14. The Morgan fingerprint density at radius 1 is 0.889 bits per heavy atom. The van der Waals surface area contributed by atoms with Crippen molar-refractivity contribution in [2.24, 2.45) is 17.6 Å². The van der Waals surface area contributed by atoms with E-state index in [1.807, 2.05) is 24.3 Å². The number of morpholine rings is 1. The summed E-state index contributed by atoms with van der Waals surface area (Å²) in [6.45, 7) is 3.97. The highest BCUT2D eigenvalue weighted by Crippen LogP contribution is 2.29. The average molecular weight is 609 g/mol. The van der Waals surface area contributed by atoms with Gasteiger partial charge in [-0.2, -0.15) is 5.21 Å². The molecule has 2 heterocycles. The molecule has 0 radical (unpaired) electrons. The lowest BCUT2D eigenvalue weighted by Gasteiger charge is -2.29. The number of aromatic nitrogens is 4. The van der Waals surface area contributed by atoms with Gasteiger partial charge in [-0.3, -0.25) is 9.59 Å². The Bertz CT molecular complexity index is 1530. The van der Waals surface area contributed by atoms with Crippen LogP contribution in [0.4, 0.5) is 11.4 Å². The van der Waals surface area contributed by atoms with Gasteiger partial charge in [-0.1, -0.05) is 36.4 Å². The number of aromatic amines is 1. The van der Waals surface area contributed by atoms with Crippen LogP contribution >= 0.6 is 0 Å². The van der Waals surface area contributed by atoms with E-state index in [1.54, 1.807) is 12.1 Å². The van der Waals surface area contributed by atoms with Gasteiger partial charge in [0.15, 0.2) is 0 Å². The van der Waals surface area contributed by atoms with E-state index in [0.29, 0.717) is 30.4 Å². The van der Waals surface area contributed by atoms with E-state index < -0.39 is 6.04 Å². The molecule has 1 saturated heterocycles. The van der Waals surface area contributed by atoms with Gasteiger partial charge in [0.1, 0.15) is 6.04 Å². The highest BCUT2D eigenvalue weighted by atomic mass is 16.5. The first kappa shape index (κ1) is 30.4. The fourth-order valence-electron chi connectivity index (χ4n) is 6.13. The van der Waals surface area contributed by atoms with Crippen LogP contribution in [-0.4, -0.2) is 71.3 Å². The van der Waals surface area contributed by atoms with Gasteiger partial charge in [-0.05, 0) is 96.4 Å². The van der Waals surface area contributed by atoms with Crippen LogP contribution in [0, 0.1) is 11.8 Å². The lowest BCUT2D eigenvalue weighted by Crippen LogP contribution is -2.48. The summed E-state index contributed by atoms with van der Waals surface area (Å²) in [7, 11) is 0. The van der Waals surface area contributed by atoms with E-state index >= 15 is 0 Å². The molecule has 2 fully saturated rings. The normalized spacial score (nSPS) is 19.1. The molecule has 5 N–H and O–H groups in total. The van der Waals surface area contributed by atoms with Crippen molar-refractivity contribution in [2.75, 3.05) is 43.1 Å². The Hall–Kier alpha value is -4.61. The number of tetrazole rings is 1. The van der Waals surface area contributed by atoms with Gasteiger partial charge in [0.05, 0.1) is 13.2 Å². The summed E-state index contributed by atoms with van der Waals surface area (Å²) in [5, 5.41) is 20.1. The Labute approximate surface area is 262 Å². The second-order valence-electron chi connectivity index (χ2n) is 11.9. The number of nitrogens with one attached hydrogen (secondary N) is 3. The van der Waals surface area contributed by atoms with Gasteiger partial charge in [-0.25, -0.2) is 0 Å². The minimum absolute atomic E-state index is 0.0740. The van der Waals surface area contributed by atoms with Gasteiger partial charge in [0, 0.05) is 42.4 Å². The standard InChI is InChI=1S/C34H40N8O3/c35-22-24-3-7-28(8-4-24)33(43)37-31(34(44)36-29-13-9-27(10-14-29)32-38-40-41-39-32)21-23-1-5-25(6-2-23)26-11-15-30(16-12-26)42-17-19-45-20-18-42/h1-2,5-6,9-16,24,28,31H,3-4,7-8,17-22,35H2,(H,36,44)(H,37,43)(H,38,39,40,41)/t24?,28?,31-/m0/s1. The molecule has 6 rings (SSSR count). The first-order valence-corrected chi connectivity index (χ1v) is 15.7. The predicted molar refractivity (Wildman–Crippen MR) is 173 cm³/mol. The van der Waals surface area contributed by atoms with Crippen LogP contribution in [0.25, 0.3) is 22.5 Å². The van der Waals surface area contributed by atoms with Gasteiger partial charge >= 0.3 is 0 Å². The number of carbonyl (C=O) groups is 2. The topological polar surface area (TPSA) is 151 Å². The van der Waals surface area contributed by atoms with Crippen LogP contribution in [0.3, 0.4) is 0 Å². The number of nitrogens with zero attached hydrogens (tertiary/aromatic N) is 4. The molecule has 1 atom stereocenters. The van der Waals surface area contributed by atoms with E-state index in [0.717, 1.165) is 74.2 Å². The molecule has 45 heavy (non-hydrogen) atoms. The minimum Gasteiger partial charge on any atom is -0.378 e. The number of hydrogen-bond acceptors (Lipinski definition) is 8. The number of hydrogen-bond donors (Lipinski definition) is 4. The van der Waals surface area contributed by atoms with Crippen molar-refractivity contribution < 1.29 is 14.3 Å². The summed E-state index contributed by atoms with van der Waals surface area (Å²) in [5.41, 5.74) is 11.6. The number of amides is 2. The van der Waals surface area contributed by atoms with Crippen molar-refractivity contribution in [1.82, 2.24) is 25.9 Å². The lowest BCUT2D eigenvalue weighted by atomic mass is 9.81. The fraction of sp³-hybridized carbons (Fsp3) is 0.382. The number of H-pyrrole nitrogens is 1. The van der Waals surface area contributed by atoms with Crippen molar-refractivity contribution in [3.8, 4) is 22.5 Å². The molecule has 1 aliphatic heterocycles. The maximum Gasteiger partial charge on any atom is 0.247 e. The molecule has 1 aliphatic carbocycles. The number of ether oxygens (including phenoxy) is 1. The second kappa shape index (κ2) is 14.4. The van der Waals surface area contributed by atoms with Crippen LogP contribution < -0.4 is 21.3 Å². The van der Waals surface area contributed by atoms with Gasteiger partial charge in [0.2, 0.25) is 17.6 Å². The van der Waals surface area contributed by atoms with Crippen molar-refractivity contribution in [2.45, 2.75) is 38.1 Å². The summed E-state index contributed by atoms with van der Waals surface area (Å²) in [5.74, 6) is 0.487. The number of nitrogens with two attached hydrogens (primary N) is 1. The van der Waals surface area contributed by atoms with E-state index in [4.69, 9.17) is 10.5 Å². The van der Waals surface area contributed by atoms with Gasteiger partial charge < -0.3 is 26.0 Å². The van der Waals surface area contributed by atoms with E-state index in [9.17, 15) is 9.59 Å². The molecule has 0 bridgehead atoms. The first-order valence-electron chi connectivity index (χ1n) is 15.7. The zero-order chi connectivity index (χ0) is 31.0. The Kier molecular flexibility index (Phi) is 9.77. The molecule has 4 aromatic rings. The average Bonchev–Trinajstić information content (AvgIpc) is 3.64. The van der Waals surface area contributed by atoms with Crippen LogP contribution in [0.5, 0.6) is 0 Å². The number of benzene rings is 3. The largest absolute Gasteiger partial charge is 0.378 e. The highest BCUT2D eigenvalue weighted by molar-refractivity contribution is 5.97. The molecule has 2 aliphatic rings. The van der Waals surface area contributed by atoms with Crippen molar-refractivity contribution in [1.29, 1.82) is 0 Å². The molecule has 2 amide bonds. The zero-order valence-electron chi connectivity index (χ0n) is 25.3. The smallest absolute Gasteiger partial charge is 0.247 e. The van der Waals surface area contributed by atoms with Crippen LogP contribution in [-0.2, 0) is 20.7 Å². The molecule has 234 valence electrons. The molecule has 1 saturated carbocycles. The van der Waals surface area contributed by atoms with Gasteiger partial charge in [0.25, 0.3) is 0 Å². The van der Waals surface area contributed by atoms with Crippen LogP contribution in [0.1, 0.15) is 31.2 Å². The van der Waals surface area contributed by atoms with E-state index in [-0.39, 0.29) is 17.7 Å². The van der Waals surface area contributed by atoms with Crippen molar-refractivity contribution in [3.63, 3.8) is 0 Å². The maximum atomic E-state index is 13.6. The van der Waals surface area contributed by atoms with Crippen molar-refractivity contribution in [3.05, 3.63) is 78.4 Å².